The minimum absolute atomic E-state index is 0.258. The minimum Gasteiger partial charge on any atom is -0.487 e. The van der Waals surface area contributed by atoms with Crippen molar-refractivity contribution in [1.82, 2.24) is 4.98 Å². The van der Waals surface area contributed by atoms with Crippen molar-refractivity contribution in [2.45, 2.75) is 6.61 Å². The van der Waals surface area contributed by atoms with Gasteiger partial charge in [0, 0.05) is 11.8 Å². The van der Waals surface area contributed by atoms with Gasteiger partial charge >= 0.3 is 5.97 Å². The van der Waals surface area contributed by atoms with E-state index in [9.17, 15) is 4.79 Å². The van der Waals surface area contributed by atoms with Crippen LogP contribution >= 0.6 is 0 Å². The quantitative estimate of drug-likeness (QED) is 0.671. The third-order valence-electron chi connectivity index (χ3n) is 2.45. The summed E-state index contributed by atoms with van der Waals surface area (Å²) in [5.74, 6) is 0.191. The Hall–Kier alpha value is -2.56. The van der Waals surface area contributed by atoms with Gasteiger partial charge in [-0.1, -0.05) is 12.1 Å². The number of rotatable bonds is 4. The molecule has 1 aromatic heterocycles. The second kappa shape index (κ2) is 5.86. The maximum atomic E-state index is 11.3. The van der Waals surface area contributed by atoms with Crippen molar-refractivity contribution >= 4 is 11.7 Å². The van der Waals surface area contributed by atoms with Gasteiger partial charge in [0.05, 0.1) is 12.8 Å². The van der Waals surface area contributed by atoms with Gasteiger partial charge in [-0.2, -0.15) is 0 Å². The van der Waals surface area contributed by atoms with Crippen molar-refractivity contribution in [1.29, 1.82) is 0 Å². The summed E-state index contributed by atoms with van der Waals surface area (Å²) in [5.41, 5.74) is 7.19. The Kier molecular flexibility index (Phi) is 3.97. The van der Waals surface area contributed by atoms with Gasteiger partial charge in [-0.05, 0) is 24.3 Å². The number of esters is 1. The van der Waals surface area contributed by atoms with E-state index in [0.29, 0.717) is 17.1 Å². The fraction of sp³-hybridized carbons (Fsp3) is 0.143. The lowest BCUT2D eigenvalue weighted by molar-refractivity contribution is 0.0593. The average Bonchev–Trinajstić information content (AvgIpc) is 2.45. The summed E-state index contributed by atoms with van der Waals surface area (Å²) < 4.78 is 10.2. The predicted octanol–water partition coefficient (Wildman–Crippen LogP) is 2.03. The number of nitrogen functional groups attached to an aromatic ring is 1. The van der Waals surface area contributed by atoms with Crippen molar-refractivity contribution in [2.24, 2.45) is 0 Å². The molecule has 0 radical (unpaired) electrons. The molecule has 0 spiro atoms. The zero-order chi connectivity index (χ0) is 13.7. The molecule has 2 aromatic rings. The van der Waals surface area contributed by atoms with Crippen LogP contribution in [0.4, 0.5) is 5.69 Å². The molecule has 0 saturated heterocycles. The van der Waals surface area contributed by atoms with Crippen LogP contribution in [-0.2, 0) is 11.3 Å². The summed E-state index contributed by atoms with van der Waals surface area (Å²) in [6.45, 7) is 0.258. The molecule has 0 unspecified atom stereocenters. The molecule has 0 aliphatic carbocycles. The molecule has 0 saturated carbocycles. The summed E-state index contributed by atoms with van der Waals surface area (Å²) in [5, 5.41) is 0. The van der Waals surface area contributed by atoms with Gasteiger partial charge in [0.2, 0.25) is 0 Å². The highest BCUT2D eigenvalue weighted by Crippen LogP contribution is 2.15. The summed E-state index contributed by atoms with van der Waals surface area (Å²) in [6, 6.07) is 12.2. The first-order valence-corrected chi connectivity index (χ1v) is 5.71. The summed E-state index contributed by atoms with van der Waals surface area (Å²) in [6.07, 6.45) is 0. The van der Waals surface area contributed by atoms with Gasteiger partial charge in [0.25, 0.3) is 0 Å². The van der Waals surface area contributed by atoms with E-state index < -0.39 is 5.97 Å². The first kappa shape index (κ1) is 12.9. The van der Waals surface area contributed by atoms with Crippen molar-refractivity contribution in [3.63, 3.8) is 0 Å². The van der Waals surface area contributed by atoms with Crippen LogP contribution in [0.5, 0.6) is 5.75 Å². The third kappa shape index (κ3) is 3.45. The number of hydrogen-bond donors (Lipinski definition) is 1. The molecule has 0 amide bonds. The van der Waals surface area contributed by atoms with Crippen LogP contribution in [-0.4, -0.2) is 18.1 Å². The van der Waals surface area contributed by atoms with Crippen LogP contribution in [0.3, 0.4) is 0 Å². The molecule has 5 nitrogen and oxygen atoms in total. The monoisotopic (exact) mass is 258 g/mol. The van der Waals surface area contributed by atoms with E-state index >= 15 is 0 Å². The predicted molar refractivity (Wildman–Crippen MR) is 70.8 cm³/mol. The fourth-order valence-electron chi connectivity index (χ4n) is 1.54. The molecule has 0 aliphatic heterocycles. The number of nitrogens with two attached hydrogens (primary N) is 1. The van der Waals surface area contributed by atoms with Crippen LogP contribution < -0.4 is 10.5 Å². The number of benzene rings is 1. The Bertz CT molecular complexity index is 584. The van der Waals surface area contributed by atoms with Crippen molar-refractivity contribution in [3.8, 4) is 5.75 Å². The van der Waals surface area contributed by atoms with Crippen LogP contribution in [0.1, 0.15) is 16.2 Å². The molecule has 2 N–H and O–H groups in total. The fourth-order valence-corrected chi connectivity index (χ4v) is 1.54. The van der Waals surface area contributed by atoms with E-state index in [-0.39, 0.29) is 12.3 Å². The standard InChI is InChI=1S/C14H14N2O3/c1-18-14(17)13-7-3-5-11(16-13)9-19-12-6-2-4-10(15)8-12/h2-8H,9,15H2,1H3. The maximum Gasteiger partial charge on any atom is 0.356 e. The van der Waals surface area contributed by atoms with Crippen LogP contribution in [0, 0.1) is 0 Å². The van der Waals surface area contributed by atoms with E-state index in [1.807, 2.05) is 6.07 Å². The van der Waals surface area contributed by atoms with Crippen molar-refractivity contribution in [3.05, 3.63) is 53.9 Å². The number of hydrogen-bond acceptors (Lipinski definition) is 5. The molecule has 98 valence electrons. The Balaban J connectivity index is 2.05. The molecular formula is C14H14N2O3. The van der Waals surface area contributed by atoms with Crippen molar-refractivity contribution in [2.75, 3.05) is 12.8 Å². The first-order valence-electron chi connectivity index (χ1n) is 5.71. The lowest BCUT2D eigenvalue weighted by Gasteiger charge is -2.07. The number of carbonyl (C=O) groups is 1. The third-order valence-corrected chi connectivity index (χ3v) is 2.45. The van der Waals surface area contributed by atoms with E-state index in [0.717, 1.165) is 0 Å². The van der Waals surface area contributed by atoms with Crippen LogP contribution in [0.25, 0.3) is 0 Å². The lowest BCUT2D eigenvalue weighted by Crippen LogP contribution is -2.07. The Morgan fingerprint density at radius 2 is 2.05 bits per heavy atom. The molecule has 1 heterocycles. The van der Waals surface area contributed by atoms with Crippen molar-refractivity contribution < 1.29 is 14.3 Å². The minimum atomic E-state index is -0.467. The Morgan fingerprint density at radius 1 is 1.26 bits per heavy atom. The Morgan fingerprint density at radius 3 is 2.79 bits per heavy atom. The molecule has 19 heavy (non-hydrogen) atoms. The Labute approximate surface area is 111 Å². The van der Waals surface area contributed by atoms with E-state index in [4.69, 9.17) is 10.5 Å². The average molecular weight is 258 g/mol. The summed E-state index contributed by atoms with van der Waals surface area (Å²) in [7, 11) is 1.32. The van der Waals surface area contributed by atoms with Crippen LogP contribution in [0.15, 0.2) is 42.5 Å². The van der Waals surface area contributed by atoms with Gasteiger partial charge in [0.15, 0.2) is 0 Å². The number of anilines is 1. The van der Waals surface area contributed by atoms with Gasteiger partial charge in [-0.25, -0.2) is 9.78 Å². The number of carbonyl (C=O) groups excluding carboxylic acids is 1. The highest BCUT2D eigenvalue weighted by Gasteiger charge is 2.07. The number of pyridine rings is 1. The zero-order valence-electron chi connectivity index (χ0n) is 10.5. The lowest BCUT2D eigenvalue weighted by atomic mass is 10.3. The topological polar surface area (TPSA) is 74.4 Å². The SMILES string of the molecule is COC(=O)c1cccc(COc2cccc(N)c2)n1. The maximum absolute atomic E-state index is 11.3. The number of nitrogens with zero attached hydrogens (tertiary/aromatic N) is 1. The molecular weight excluding hydrogens is 244 g/mol. The highest BCUT2D eigenvalue weighted by molar-refractivity contribution is 5.87. The first-order chi connectivity index (χ1) is 9.19. The molecule has 0 bridgehead atoms. The van der Waals surface area contributed by atoms with E-state index in [1.165, 1.54) is 7.11 Å². The normalized spacial score (nSPS) is 9.95. The second-order valence-corrected chi connectivity index (χ2v) is 3.87. The highest BCUT2D eigenvalue weighted by atomic mass is 16.5. The molecule has 0 fully saturated rings. The number of methoxy groups -OCH3 is 1. The van der Waals surface area contributed by atoms with E-state index in [2.05, 4.69) is 9.72 Å². The molecule has 1 aromatic carbocycles. The van der Waals surface area contributed by atoms with Gasteiger partial charge in [0.1, 0.15) is 18.1 Å². The van der Waals surface area contributed by atoms with Gasteiger partial charge in [-0.15, -0.1) is 0 Å². The van der Waals surface area contributed by atoms with Gasteiger partial charge in [-0.3, -0.25) is 0 Å². The largest absolute Gasteiger partial charge is 0.487 e. The molecule has 0 atom stereocenters. The van der Waals surface area contributed by atoms with Crippen LogP contribution in [0.2, 0.25) is 0 Å². The molecule has 0 aliphatic rings. The number of ether oxygens (including phenoxy) is 2. The number of aromatic nitrogens is 1. The zero-order valence-corrected chi connectivity index (χ0v) is 10.5. The molecule has 5 heteroatoms. The summed E-state index contributed by atoms with van der Waals surface area (Å²) in [4.78, 5) is 15.5. The molecule has 2 rings (SSSR count). The van der Waals surface area contributed by atoms with Gasteiger partial charge < -0.3 is 15.2 Å². The van der Waals surface area contributed by atoms with E-state index in [1.54, 1.807) is 36.4 Å². The summed E-state index contributed by atoms with van der Waals surface area (Å²) >= 11 is 0. The second-order valence-electron chi connectivity index (χ2n) is 3.87. The smallest absolute Gasteiger partial charge is 0.356 e.